The summed E-state index contributed by atoms with van der Waals surface area (Å²) in [7, 11) is 0. The predicted molar refractivity (Wildman–Crippen MR) is 80.5 cm³/mol. The fourth-order valence-electron chi connectivity index (χ4n) is 3.52. The summed E-state index contributed by atoms with van der Waals surface area (Å²) >= 11 is 0. The van der Waals surface area contributed by atoms with Crippen molar-refractivity contribution in [3.8, 4) is 0 Å². The van der Waals surface area contributed by atoms with Crippen molar-refractivity contribution in [2.75, 3.05) is 6.54 Å². The van der Waals surface area contributed by atoms with Crippen molar-refractivity contribution in [3.63, 3.8) is 0 Å². The molecule has 0 saturated carbocycles. The maximum atomic E-state index is 12.1. The standard InChI is InChI=1S/C18H21NO/c1-3-14-5-4-10-19-17(14)11-16(20)12-18(19)15-8-6-13(2)7-9-15/h6-9,17-18H,1,4-5,10-12H2,2H3/t17-,18-/m1/s1. The normalized spacial score (nSPS) is 27.1. The Morgan fingerprint density at radius 2 is 1.90 bits per heavy atom. The summed E-state index contributed by atoms with van der Waals surface area (Å²) < 4.78 is 0. The van der Waals surface area contributed by atoms with Crippen molar-refractivity contribution < 1.29 is 4.79 Å². The van der Waals surface area contributed by atoms with Crippen LogP contribution in [0, 0.1) is 6.92 Å². The van der Waals surface area contributed by atoms with Crippen molar-refractivity contribution >= 4 is 5.78 Å². The molecule has 1 aromatic carbocycles. The molecular weight excluding hydrogens is 246 g/mol. The number of Topliss-reactive ketones (excluding diaryl/α,β-unsaturated/α-hetero) is 1. The van der Waals surface area contributed by atoms with E-state index in [1.165, 1.54) is 16.7 Å². The zero-order valence-corrected chi connectivity index (χ0v) is 12.1. The largest absolute Gasteiger partial charge is 0.300 e. The summed E-state index contributed by atoms with van der Waals surface area (Å²) in [5.74, 6) is 0.367. The van der Waals surface area contributed by atoms with Gasteiger partial charge in [-0.1, -0.05) is 36.4 Å². The maximum Gasteiger partial charge on any atom is 0.136 e. The molecule has 0 spiro atoms. The minimum absolute atomic E-state index is 0.227. The van der Waals surface area contributed by atoms with Crippen LogP contribution in [0.2, 0.25) is 0 Å². The summed E-state index contributed by atoms with van der Waals surface area (Å²) in [4.78, 5) is 14.6. The van der Waals surface area contributed by atoms with Crippen molar-refractivity contribution in [1.82, 2.24) is 4.90 Å². The number of aryl methyl sites for hydroxylation is 1. The van der Waals surface area contributed by atoms with Gasteiger partial charge < -0.3 is 0 Å². The third-order valence-electron chi connectivity index (χ3n) is 4.60. The molecule has 2 saturated heterocycles. The zero-order chi connectivity index (χ0) is 14.1. The number of ketones is 1. The lowest BCUT2D eigenvalue weighted by Gasteiger charge is -2.45. The average Bonchev–Trinajstić information content (AvgIpc) is 2.46. The molecule has 2 aliphatic heterocycles. The molecule has 104 valence electrons. The highest BCUT2D eigenvalue weighted by atomic mass is 16.1. The lowest BCUT2D eigenvalue weighted by molar-refractivity contribution is -0.125. The lowest BCUT2D eigenvalue weighted by atomic mass is 9.83. The summed E-state index contributed by atoms with van der Waals surface area (Å²) in [5, 5.41) is 0. The maximum absolute atomic E-state index is 12.1. The quantitative estimate of drug-likeness (QED) is 0.725. The Labute approximate surface area is 120 Å². The van der Waals surface area contributed by atoms with Gasteiger partial charge in [0.25, 0.3) is 0 Å². The van der Waals surface area contributed by atoms with Gasteiger partial charge in [-0.2, -0.15) is 0 Å². The topological polar surface area (TPSA) is 20.3 Å². The molecule has 0 N–H and O–H groups in total. The third-order valence-corrected chi connectivity index (χ3v) is 4.60. The molecule has 0 amide bonds. The van der Waals surface area contributed by atoms with Gasteiger partial charge in [0.05, 0.1) is 0 Å². The number of nitrogens with zero attached hydrogens (tertiary/aromatic N) is 1. The number of carbonyl (C=O) groups is 1. The number of hydrogen-bond acceptors (Lipinski definition) is 2. The molecule has 1 aromatic rings. The fraction of sp³-hybridized carbons (Fsp3) is 0.444. The van der Waals surface area contributed by atoms with Crippen LogP contribution in [-0.4, -0.2) is 23.3 Å². The predicted octanol–water partition coefficient (Wildman–Crippen LogP) is 3.57. The van der Waals surface area contributed by atoms with Crippen molar-refractivity contribution in [1.29, 1.82) is 0 Å². The molecule has 0 aliphatic carbocycles. The van der Waals surface area contributed by atoms with Crippen molar-refractivity contribution in [2.24, 2.45) is 0 Å². The first-order chi connectivity index (χ1) is 9.69. The Kier molecular flexibility index (Phi) is 3.60. The highest BCUT2D eigenvalue weighted by Gasteiger charge is 2.38. The van der Waals surface area contributed by atoms with Gasteiger partial charge in [-0.05, 0) is 37.4 Å². The molecule has 2 fully saturated rings. The highest BCUT2D eigenvalue weighted by molar-refractivity contribution is 5.81. The van der Waals surface area contributed by atoms with Crippen LogP contribution in [0.4, 0.5) is 0 Å². The van der Waals surface area contributed by atoms with E-state index in [0.29, 0.717) is 18.6 Å². The van der Waals surface area contributed by atoms with Crippen molar-refractivity contribution in [3.05, 3.63) is 53.3 Å². The number of benzene rings is 1. The van der Waals surface area contributed by atoms with E-state index in [2.05, 4.69) is 48.4 Å². The van der Waals surface area contributed by atoms with Gasteiger partial charge in [0, 0.05) is 24.9 Å². The number of carbonyl (C=O) groups excluding carboxylic acids is 1. The van der Waals surface area contributed by atoms with E-state index in [1.54, 1.807) is 0 Å². The first-order valence-electron chi connectivity index (χ1n) is 7.42. The molecule has 20 heavy (non-hydrogen) atoms. The SMILES string of the molecule is C=C=C1CCCN2[C@@H]1CC(=O)C[C@@H]2c1ccc(C)cc1. The van der Waals surface area contributed by atoms with E-state index in [9.17, 15) is 4.79 Å². The van der Waals surface area contributed by atoms with Crippen LogP contribution in [-0.2, 0) is 4.79 Å². The Morgan fingerprint density at radius 3 is 2.60 bits per heavy atom. The van der Waals surface area contributed by atoms with Crippen LogP contribution < -0.4 is 0 Å². The number of fused-ring (bicyclic) bond motifs is 1. The molecule has 2 heterocycles. The van der Waals surface area contributed by atoms with E-state index in [0.717, 1.165) is 19.4 Å². The molecule has 0 aromatic heterocycles. The zero-order valence-electron chi connectivity index (χ0n) is 12.1. The third kappa shape index (κ3) is 2.37. The van der Waals surface area contributed by atoms with E-state index in [1.807, 2.05) is 0 Å². The monoisotopic (exact) mass is 267 g/mol. The summed E-state index contributed by atoms with van der Waals surface area (Å²) in [6.45, 7) is 6.98. The molecule has 2 nitrogen and oxygen atoms in total. The van der Waals surface area contributed by atoms with Gasteiger partial charge in [-0.3, -0.25) is 9.69 Å². The molecule has 0 bridgehead atoms. The van der Waals surface area contributed by atoms with Crippen LogP contribution >= 0.6 is 0 Å². The molecule has 3 rings (SSSR count). The van der Waals surface area contributed by atoms with E-state index in [-0.39, 0.29) is 12.1 Å². The second-order valence-corrected chi connectivity index (χ2v) is 5.93. The molecule has 2 heteroatoms. The molecular formula is C18H21NO. The van der Waals surface area contributed by atoms with Gasteiger partial charge in [0.1, 0.15) is 5.78 Å². The van der Waals surface area contributed by atoms with Crippen LogP contribution in [0.5, 0.6) is 0 Å². The molecule has 2 aliphatic rings. The van der Waals surface area contributed by atoms with Gasteiger partial charge in [-0.15, -0.1) is 5.73 Å². The molecule has 0 radical (unpaired) electrons. The Morgan fingerprint density at radius 1 is 1.20 bits per heavy atom. The molecule has 0 unspecified atom stereocenters. The van der Waals surface area contributed by atoms with E-state index < -0.39 is 0 Å². The average molecular weight is 267 g/mol. The van der Waals surface area contributed by atoms with Gasteiger partial charge in [-0.25, -0.2) is 0 Å². The van der Waals surface area contributed by atoms with Crippen LogP contribution in [0.15, 0.2) is 42.1 Å². The van der Waals surface area contributed by atoms with Crippen LogP contribution in [0.25, 0.3) is 0 Å². The van der Waals surface area contributed by atoms with Crippen LogP contribution in [0.3, 0.4) is 0 Å². The second-order valence-electron chi connectivity index (χ2n) is 5.93. The summed E-state index contributed by atoms with van der Waals surface area (Å²) in [6.07, 6.45) is 3.47. The first kappa shape index (κ1) is 13.4. The highest BCUT2D eigenvalue weighted by Crippen LogP contribution is 2.38. The second kappa shape index (κ2) is 5.40. The smallest absolute Gasteiger partial charge is 0.136 e. The summed E-state index contributed by atoms with van der Waals surface area (Å²) in [5.41, 5.74) is 6.83. The van der Waals surface area contributed by atoms with Gasteiger partial charge in [0.2, 0.25) is 0 Å². The van der Waals surface area contributed by atoms with E-state index in [4.69, 9.17) is 0 Å². The van der Waals surface area contributed by atoms with Crippen LogP contribution in [0.1, 0.15) is 42.9 Å². The lowest BCUT2D eigenvalue weighted by Crippen LogP contribution is -2.48. The van der Waals surface area contributed by atoms with Gasteiger partial charge in [0.15, 0.2) is 0 Å². The van der Waals surface area contributed by atoms with E-state index >= 15 is 0 Å². The summed E-state index contributed by atoms with van der Waals surface area (Å²) in [6, 6.07) is 9.07. The minimum atomic E-state index is 0.227. The van der Waals surface area contributed by atoms with Crippen molar-refractivity contribution in [2.45, 2.75) is 44.7 Å². The first-order valence-corrected chi connectivity index (χ1v) is 7.42. The Bertz CT molecular complexity index is 566. The Hall–Kier alpha value is -1.63. The molecule has 2 atom stereocenters. The minimum Gasteiger partial charge on any atom is -0.300 e. The fourth-order valence-corrected chi connectivity index (χ4v) is 3.52. The number of hydrogen-bond donors (Lipinski definition) is 0. The number of piperidine rings is 2. The Balaban J connectivity index is 1.95. The number of rotatable bonds is 1. The van der Waals surface area contributed by atoms with Gasteiger partial charge >= 0.3 is 0 Å².